The van der Waals surface area contributed by atoms with Crippen molar-refractivity contribution < 1.29 is 14.6 Å². The van der Waals surface area contributed by atoms with E-state index in [-0.39, 0.29) is 18.1 Å². The molecular weight excluding hydrogens is 400 g/mol. The van der Waals surface area contributed by atoms with Gasteiger partial charge in [-0.3, -0.25) is 4.90 Å². The SMILES string of the molecule is Cc1c(C)c(OCc2ccccc2)c(C)c2c1CC(C)(CC(CO)N1CCNCC1)CO2. The molecule has 32 heavy (non-hydrogen) atoms. The van der Waals surface area contributed by atoms with Crippen LogP contribution in [0.15, 0.2) is 30.3 Å². The van der Waals surface area contributed by atoms with Crippen LogP contribution in [-0.2, 0) is 13.0 Å². The van der Waals surface area contributed by atoms with Crippen LogP contribution in [0, 0.1) is 26.2 Å². The smallest absolute Gasteiger partial charge is 0.129 e. The highest BCUT2D eigenvalue weighted by molar-refractivity contribution is 5.59. The molecule has 1 saturated heterocycles. The van der Waals surface area contributed by atoms with Gasteiger partial charge in [0.25, 0.3) is 0 Å². The maximum Gasteiger partial charge on any atom is 0.129 e. The maximum atomic E-state index is 10.1. The molecule has 0 saturated carbocycles. The van der Waals surface area contributed by atoms with Gasteiger partial charge in [0.05, 0.1) is 13.2 Å². The first-order valence-corrected chi connectivity index (χ1v) is 11.9. The number of aliphatic hydroxyl groups is 1. The maximum absolute atomic E-state index is 10.1. The molecule has 1 fully saturated rings. The Balaban J connectivity index is 1.53. The summed E-state index contributed by atoms with van der Waals surface area (Å²) < 4.78 is 12.7. The molecule has 2 aromatic rings. The highest BCUT2D eigenvalue weighted by Crippen LogP contribution is 2.46. The summed E-state index contributed by atoms with van der Waals surface area (Å²) in [5.74, 6) is 1.94. The van der Waals surface area contributed by atoms with E-state index >= 15 is 0 Å². The summed E-state index contributed by atoms with van der Waals surface area (Å²) in [6, 6.07) is 10.5. The number of aliphatic hydroxyl groups excluding tert-OH is 1. The van der Waals surface area contributed by atoms with Gasteiger partial charge in [-0.1, -0.05) is 37.3 Å². The van der Waals surface area contributed by atoms with Crippen molar-refractivity contribution in [3.05, 3.63) is 58.1 Å². The number of nitrogens with zero attached hydrogens (tertiary/aromatic N) is 1. The monoisotopic (exact) mass is 438 g/mol. The van der Waals surface area contributed by atoms with Crippen LogP contribution in [0.3, 0.4) is 0 Å². The Morgan fingerprint density at radius 3 is 2.50 bits per heavy atom. The molecule has 2 N–H and O–H groups in total. The summed E-state index contributed by atoms with van der Waals surface area (Å²) in [5, 5.41) is 13.5. The quantitative estimate of drug-likeness (QED) is 0.689. The highest BCUT2D eigenvalue weighted by Gasteiger charge is 2.38. The molecule has 2 aromatic carbocycles. The van der Waals surface area contributed by atoms with E-state index in [9.17, 15) is 5.11 Å². The van der Waals surface area contributed by atoms with Gasteiger partial charge in [0.2, 0.25) is 0 Å². The van der Waals surface area contributed by atoms with Crippen molar-refractivity contribution in [2.24, 2.45) is 5.41 Å². The van der Waals surface area contributed by atoms with Gasteiger partial charge in [-0.05, 0) is 55.9 Å². The molecule has 174 valence electrons. The van der Waals surface area contributed by atoms with Crippen LogP contribution in [0.1, 0.15) is 41.2 Å². The number of fused-ring (bicyclic) bond motifs is 1. The van der Waals surface area contributed by atoms with Crippen LogP contribution < -0.4 is 14.8 Å². The largest absolute Gasteiger partial charge is 0.492 e. The number of rotatable bonds is 7. The number of ether oxygens (including phenoxy) is 2. The molecule has 0 spiro atoms. The fourth-order valence-corrected chi connectivity index (χ4v) is 5.31. The number of piperazine rings is 1. The minimum absolute atomic E-state index is 0.00131. The van der Waals surface area contributed by atoms with Crippen molar-refractivity contribution >= 4 is 0 Å². The summed E-state index contributed by atoms with van der Waals surface area (Å²) >= 11 is 0. The molecule has 2 aliphatic rings. The molecule has 0 amide bonds. The molecule has 0 bridgehead atoms. The minimum Gasteiger partial charge on any atom is -0.492 e. The van der Waals surface area contributed by atoms with Crippen LogP contribution in [-0.4, -0.2) is 55.4 Å². The van der Waals surface area contributed by atoms with E-state index in [2.05, 4.69) is 50.0 Å². The van der Waals surface area contributed by atoms with Gasteiger partial charge < -0.3 is 19.9 Å². The van der Waals surface area contributed by atoms with Crippen LogP contribution >= 0.6 is 0 Å². The number of benzene rings is 2. The summed E-state index contributed by atoms with van der Waals surface area (Å²) in [6.45, 7) is 14.2. The van der Waals surface area contributed by atoms with Crippen molar-refractivity contribution in [3.63, 3.8) is 0 Å². The van der Waals surface area contributed by atoms with Gasteiger partial charge in [-0.2, -0.15) is 0 Å². The number of hydrogen-bond donors (Lipinski definition) is 2. The van der Waals surface area contributed by atoms with E-state index < -0.39 is 0 Å². The third-order valence-electron chi connectivity index (χ3n) is 7.31. The molecule has 2 atom stereocenters. The molecule has 2 aliphatic heterocycles. The van der Waals surface area contributed by atoms with E-state index in [0.717, 1.165) is 61.6 Å². The Morgan fingerprint density at radius 1 is 1.09 bits per heavy atom. The third kappa shape index (κ3) is 4.80. The summed E-state index contributed by atoms with van der Waals surface area (Å²) in [6.07, 6.45) is 1.91. The molecule has 2 heterocycles. The molecule has 5 nitrogen and oxygen atoms in total. The number of nitrogens with one attached hydrogen (secondary N) is 1. The topological polar surface area (TPSA) is 54.0 Å². The van der Waals surface area contributed by atoms with E-state index in [1.165, 1.54) is 16.7 Å². The Kier molecular flexibility index (Phi) is 7.08. The lowest BCUT2D eigenvalue weighted by Gasteiger charge is -2.42. The standard InChI is InChI=1S/C27H38N2O3/c1-19-20(2)25(31-17-22-8-6-5-7-9-22)21(3)26-24(19)15-27(4,18-32-26)14-23(16-30)29-12-10-28-11-13-29/h5-9,23,28,30H,10-18H2,1-4H3. The van der Waals surface area contributed by atoms with Gasteiger partial charge in [-0.15, -0.1) is 0 Å². The first-order valence-electron chi connectivity index (χ1n) is 11.9. The number of hydrogen-bond acceptors (Lipinski definition) is 5. The lowest BCUT2D eigenvalue weighted by Crippen LogP contribution is -2.52. The van der Waals surface area contributed by atoms with Crippen LogP contribution in [0.2, 0.25) is 0 Å². The molecule has 0 aliphatic carbocycles. The molecule has 0 radical (unpaired) electrons. The average molecular weight is 439 g/mol. The Morgan fingerprint density at radius 2 is 1.81 bits per heavy atom. The Labute approximate surface area is 192 Å². The predicted octanol–water partition coefficient (Wildman–Crippen LogP) is 3.79. The summed E-state index contributed by atoms with van der Waals surface area (Å²) in [5.41, 5.74) is 6.03. The van der Waals surface area contributed by atoms with Crippen molar-refractivity contribution in [2.45, 2.75) is 53.2 Å². The van der Waals surface area contributed by atoms with E-state index in [1.54, 1.807) is 0 Å². The van der Waals surface area contributed by atoms with Crippen molar-refractivity contribution in [1.82, 2.24) is 10.2 Å². The predicted molar refractivity (Wildman–Crippen MR) is 129 cm³/mol. The van der Waals surface area contributed by atoms with Gasteiger partial charge in [-0.25, -0.2) is 0 Å². The zero-order chi connectivity index (χ0) is 22.7. The molecule has 2 unspecified atom stereocenters. The highest BCUT2D eigenvalue weighted by atomic mass is 16.5. The van der Waals surface area contributed by atoms with Gasteiger partial charge in [0, 0.05) is 43.2 Å². The second-order valence-corrected chi connectivity index (χ2v) is 9.89. The third-order valence-corrected chi connectivity index (χ3v) is 7.31. The fourth-order valence-electron chi connectivity index (χ4n) is 5.31. The molecule has 0 aromatic heterocycles. The van der Waals surface area contributed by atoms with Crippen molar-refractivity contribution in [1.29, 1.82) is 0 Å². The van der Waals surface area contributed by atoms with Gasteiger partial charge >= 0.3 is 0 Å². The molecular formula is C27H38N2O3. The van der Waals surface area contributed by atoms with E-state index in [4.69, 9.17) is 9.47 Å². The molecule has 4 rings (SSSR count). The normalized spacial score (nSPS) is 22.2. The van der Waals surface area contributed by atoms with E-state index in [1.807, 2.05) is 18.2 Å². The average Bonchev–Trinajstić information content (AvgIpc) is 2.82. The second kappa shape index (κ2) is 9.82. The Hall–Kier alpha value is -2.08. The fraction of sp³-hybridized carbons (Fsp3) is 0.556. The zero-order valence-electron chi connectivity index (χ0n) is 20.0. The molecule has 5 heteroatoms. The van der Waals surface area contributed by atoms with Crippen molar-refractivity contribution in [3.8, 4) is 11.5 Å². The first-order chi connectivity index (χ1) is 15.4. The zero-order valence-corrected chi connectivity index (χ0v) is 20.0. The lowest BCUT2D eigenvalue weighted by atomic mass is 9.75. The minimum atomic E-state index is 0.00131. The van der Waals surface area contributed by atoms with E-state index in [0.29, 0.717) is 13.2 Å². The second-order valence-electron chi connectivity index (χ2n) is 9.89. The van der Waals surface area contributed by atoms with Crippen LogP contribution in [0.25, 0.3) is 0 Å². The first kappa shape index (κ1) is 23.1. The summed E-state index contributed by atoms with van der Waals surface area (Å²) in [4.78, 5) is 2.43. The van der Waals surface area contributed by atoms with Crippen LogP contribution in [0.4, 0.5) is 0 Å². The lowest BCUT2D eigenvalue weighted by molar-refractivity contribution is 0.0437. The van der Waals surface area contributed by atoms with Gasteiger partial charge in [0.15, 0.2) is 0 Å². The van der Waals surface area contributed by atoms with Crippen molar-refractivity contribution in [2.75, 3.05) is 39.4 Å². The van der Waals surface area contributed by atoms with Gasteiger partial charge in [0.1, 0.15) is 18.1 Å². The van der Waals surface area contributed by atoms with Crippen LogP contribution in [0.5, 0.6) is 11.5 Å². The summed E-state index contributed by atoms with van der Waals surface area (Å²) in [7, 11) is 0. The Bertz CT molecular complexity index is 924.